The second-order valence-electron chi connectivity index (χ2n) is 5.56. The summed E-state index contributed by atoms with van der Waals surface area (Å²) >= 11 is 0. The fraction of sp³-hybridized carbons (Fsp3) is 0.867. The Morgan fingerprint density at radius 1 is 1.38 bits per heavy atom. The zero-order valence-corrected chi connectivity index (χ0v) is 13.1. The van der Waals surface area contributed by atoms with Crippen LogP contribution >= 0.6 is 0 Å². The SMILES string of the molecule is CCCCC(NC(=O)N1CCCC(OCCC)C1)C(=O)O. The van der Waals surface area contributed by atoms with Crippen molar-refractivity contribution >= 4 is 12.0 Å². The number of hydrogen-bond donors (Lipinski definition) is 2. The number of aliphatic carboxylic acids is 1. The Hall–Kier alpha value is -1.30. The molecule has 1 saturated heterocycles. The molecule has 1 rings (SSSR count). The smallest absolute Gasteiger partial charge is 0.326 e. The number of nitrogens with one attached hydrogen (secondary N) is 1. The lowest BCUT2D eigenvalue weighted by atomic mass is 10.1. The number of urea groups is 1. The van der Waals surface area contributed by atoms with E-state index in [1.54, 1.807) is 4.90 Å². The van der Waals surface area contributed by atoms with E-state index in [0.29, 0.717) is 26.1 Å². The number of hydrogen-bond acceptors (Lipinski definition) is 3. The molecule has 1 fully saturated rings. The highest BCUT2D eigenvalue weighted by atomic mass is 16.5. The monoisotopic (exact) mass is 300 g/mol. The van der Waals surface area contributed by atoms with Crippen LogP contribution in [0.5, 0.6) is 0 Å². The Morgan fingerprint density at radius 3 is 2.76 bits per heavy atom. The van der Waals surface area contributed by atoms with Gasteiger partial charge in [0.1, 0.15) is 6.04 Å². The van der Waals surface area contributed by atoms with Crippen LogP contribution in [0.4, 0.5) is 4.79 Å². The largest absolute Gasteiger partial charge is 0.480 e. The topological polar surface area (TPSA) is 78.9 Å². The van der Waals surface area contributed by atoms with Crippen molar-refractivity contribution < 1.29 is 19.4 Å². The van der Waals surface area contributed by atoms with Gasteiger partial charge < -0.3 is 20.1 Å². The molecular formula is C15H28N2O4. The molecule has 2 unspecified atom stereocenters. The van der Waals surface area contributed by atoms with Crippen LogP contribution < -0.4 is 5.32 Å². The fourth-order valence-electron chi connectivity index (χ4n) is 2.45. The molecule has 6 heteroatoms. The van der Waals surface area contributed by atoms with Gasteiger partial charge in [-0.25, -0.2) is 9.59 Å². The maximum absolute atomic E-state index is 12.2. The second kappa shape index (κ2) is 9.60. The van der Waals surface area contributed by atoms with E-state index >= 15 is 0 Å². The number of amides is 2. The lowest BCUT2D eigenvalue weighted by Crippen LogP contribution is -2.52. The molecule has 1 heterocycles. The molecule has 0 aliphatic carbocycles. The van der Waals surface area contributed by atoms with E-state index < -0.39 is 12.0 Å². The minimum Gasteiger partial charge on any atom is -0.480 e. The highest BCUT2D eigenvalue weighted by Crippen LogP contribution is 2.14. The Morgan fingerprint density at radius 2 is 2.14 bits per heavy atom. The van der Waals surface area contributed by atoms with Crippen LogP contribution in [-0.2, 0) is 9.53 Å². The van der Waals surface area contributed by atoms with Crippen molar-refractivity contribution in [2.45, 2.75) is 64.5 Å². The molecule has 2 atom stereocenters. The summed E-state index contributed by atoms with van der Waals surface area (Å²) in [6, 6.07) is -1.09. The molecule has 6 nitrogen and oxygen atoms in total. The number of carboxylic acid groups (broad SMARTS) is 1. The van der Waals surface area contributed by atoms with Gasteiger partial charge in [0.05, 0.1) is 6.10 Å². The Bertz CT molecular complexity index is 336. The van der Waals surface area contributed by atoms with Crippen LogP contribution in [0.25, 0.3) is 0 Å². The van der Waals surface area contributed by atoms with Gasteiger partial charge in [-0.3, -0.25) is 0 Å². The van der Waals surface area contributed by atoms with Crippen molar-refractivity contribution in [2.75, 3.05) is 19.7 Å². The predicted octanol–water partition coefficient (Wildman–Crippen LogP) is 2.23. The highest BCUT2D eigenvalue weighted by Gasteiger charge is 2.27. The average molecular weight is 300 g/mol. The molecule has 21 heavy (non-hydrogen) atoms. The van der Waals surface area contributed by atoms with Gasteiger partial charge in [-0.15, -0.1) is 0 Å². The summed E-state index contributed by atoms with van der Waals surface area (Å²) in [7, 11) is 0. The summed E-state index contributed by atoms with van der Waals surface area (Å²) in [5.74, 6) is -0.965. The van der Waals surface area contributed by atoms with Crippen LogP contribution in [0.3, 0.4) is 0 Å². The first kappa shape index (κ1) is 17.8. The van der Waals surface area contributed by atoms with Crippen molar-refractivity contribution in [1.29, 1.82) is 0 Å². The number of piperidine rings is 1. The molecule has 0 saturated carbocycles. The molecule has 1 aliphatic rings. The van der Waals surface area contributed by atoms with Gasteiger partial charge in [-0.05, 0) is 25.7 Å². The van der Waals surface area contributed by atoms with Gasteiger partial charge in [0.2, 0.25) is 0 Å². The molecule has 0 radical (unpaired) electrons. The van der Waals surface area contributed by atoms with E-state index in [1.165, 1.54) is 0 Å². The molecule has 0 aromatic carbocycles. The van der Waals surface area contributed by atoms with Crippen LogP contribution in [-0.4, -0.2) is 53.8 Å². The first-order valence-corrected chi connectivity index (χ1v) is 7.98. The maximum atomic E-state index is 12.2. The lowest BCUT2D eigenvalue weighted by Gasteiger charge is -2.33. The number of rotatable bonds is 8. The summed E-state index contributed by atoms with van der Waals surface area (Å²) < 4.78 is 5.69. The van der Waals surface area contributed by atoms with Gasteiger partial charge in [-0.2, -0.15) is 0 Å². The van der Waals surface area contributed by atoms with E-state index in [4.69, 9.17) is 9.84 Å². The number of carboxylic acids is 1. The number of nitrogens with zero attached hydrogens (tertiary/aromatic N) is 1. The first-order valence-electron chi connectivity index (χ1n) is 7.98. The highest BCUT2D eigenvalue weighted by molar-refractivity contribution is 5.82. The number of unbranched alkanes of at least 4 members (excludes halogenated alkanes) is 1. The van der Waals surface area contributed by atoms with Crippen molar-refractivity contribution in [2.24, 2.45) is 0 Å². The third-order valence-corrected chi connectivity index (χ3v) is 3.67. The molecule has 122 valence electrons. The molecule has 0 aromatic rings. The van der Waals surface area contributed by atoms with E-state index in [9.17, 15) is 9.59 Å². The van der Waals surface area contributed by atoms with Crippen molar-refractivity contribution in [3.63, 3.8) is 0 Å². The predicted molar refractivity (Wildman–Crippen MR) is 80.3 cm³/mol. The number of carbonyl (C=O) groups is 2. The van der Waals surface area contributed by atoms with E-state index in [-0.39, 0.29) is 12.1 Å². The van der Waals surface area contributed by atoms with Crippen molar-refractivity contribution in [3.8, 4) is 0 Å². The molecule has 0 spiro atoms. The van der Waals surface area contributed by atoms with Crippen LogP contribution in [0.2, 0.25) is 0 Å². The molecule has 0 aromatic heterocycles. The molecule has 1 aliphatic heterocycles. The summed E-state index contributed by atoms with van der Waals surface area (Å²) in [6.45, 7) is 5.97. The van der Waals surface area contributed by atoms with Crippen LogP contribution in [0.1, 0.15) is 52.4 Å². The fourth-order valence-corrected chi connectivity index (χ4v) is 2.45. The first-order chi connectivity index (χ1) is 10.1. The third-order valence-electron chi connectivity index (χ3n) is 3.67. The minimum atomic E-state index is -0.965. The Kier molecular flexibility index (Phi) is 8.12. The van der Waals surface area contributed by atoms with Crippen LogP contribution in [0, 0.1) is 0 Å². The summed E-state index contributed by atoms with van der Waals surface area (Å²) in [4.78, 5) is 25.0. The summed E-state index contributed by atoms with van der Waals surface area (Å²) in [5, 5.41) is 11.8. The zero-order valence-electron chi connectivity index (χ0n) is 13.1. The normalized spacial score (nSPS) is 20.1. The number of carbonyl (C=O) groups excluding carboxylic acids is 1. The van der Waals surface area contributed by atoms with Crippen molar-refractivity contribution in [1.82, 2.24) is 10.2 Å². The Balaban J connectivity index is 2.46. The molecular weight excluding hydrogens is 272 g/mol. The average Bonchev–Trinajstić information content (AvgIpc) is 2.49. The third kappa shape index (κ3) is 6.33. The lowest BCUT2D eigenvalue weighted by molar-refractivity contribution is -0.139. The minimum absolute atomic E-state index is 0.0726. The molecule has 2 amide bonds. The number of ether oxygens (including phenoxy) is 1. The molecule has 0 bridgehead atoms. The Labute approximate surface area is 126 Å². The van der Waals surface area contributed by atoms with Gasteiger partial charge in [0, 0.05) is 19.7 Å². The van der Waals surface area contributed by atoms with Gasteiger partial charge in [0.25, 0.3) is 0 Å². The van der Waals surface area contributed by atoms with E-state index in [0.717, 1.165) is 32.1 Å². The maximum Gasteiger partial charge on any atom is 0.326 e. The van der Waals surface area contributed by atoms with Gasteiger partial charge >= 0.3 is 12.0 Å². The van der Waals surface area contributed by atoms with Crippen molar-refractivity contribution in [3.05, 3.63) is 0 Å². The summed E-state index contributed by atoms with van der Waals surface area (Å²) in [5.41, 5.74) is 0. The second-order valence-corrected chi connectivity index (χ2v) is 5.56. The van der Waals surface area contributed by atoms with E-state index in [2.05, 4.69) is 12.2 Å². The molecule has 2 N–H and O–H groups in total. The van der Waals surface area contributed by atoms with E-state index in [1.807, 2.05) is 6.92 Å². The zero-order chi connectivity index (χ0) is 15.7. The van der Waals surface area contributed by atoms with Gasteiger partial charge in [-0.1, -0.05) is 26.7 Å². The van der Waals surface area contributed by atoms with Crippen LogP contribution in [0.15, 0.2) is 0 Å². The summed E-state index contributed by atoms with van der Waals surface area (Å²) in [6.07, 6.45) is 5.07. The quantitative estimate of drug-likeness (QED) is 0.720. The number of likely N-dealkylation sites (tertiary alicyclic amines) is 1. The standard InChI is InChI=1S/C15H28N2O4/c1-3-5-8-13(14(18)19)16-15(20)17-9-6-7-12(11-17)21-10-4-2/h12-13H,3-11H2,1-2H3,(H,16,20)(H,18,19). The van der Waals surface area contributed by atoms with Gasteiger partial charge in [0.15, 0.2) is 0 Å².